The van der Waals surface area contributed by atoms with Crippen LogP contribution in [-0.2, 0) is 0 Å². The second-order valence-corrected chi connectivity index (χ2v) is 4.77. The number of hydrogen-bond donors (Lipinski definition) is 0. The van der Waals surface area contributed by atoms with Gasteiger partial charge in [0.1, 0.15) is 0 Å². The van der Waals surface area contributed by atoms with Crippen LogP contribution in [0.15, 0.2) is 54.6 Å². The lowest BCUT2D eigenvalue weighted by Gasteiger charge is -2.01. The molecule has 1 aliphatic carbocycles. The van der Waals surface area contributed by atoms with E-state index in [1.807, 2.05) is 0 Å². The van der Waals surface area contributed by atoms with Gasteiger partial charge in [-0.15, -0.1) is 0 Å². The standard InChI is InChI=1S/C16H16/c1-12-7-9-14(10-8-12)16-11-15(16)13-5-3-2-4-6-13/h2-10,15-16H,11H2,1H3/t15-,16-/m0/s1. The summed E-state index contributed by atoms with van der Waals surface area (Å²) in [7, 11) is 0. The molecule has 2 atom stereocenters. The molecule has 16 heavy (non-hydrogen) atoms. The quantitative estimate of drug-likeness (QED) is 0.691. The highest BCUT2D eigenvalue weighted by Gasteiger charge is 2.38. The summed E-state index contributed by atoms with van der Waals surface area (Å²) < 4.78 is 0. The van der Waals surface area contributed by atoms with Crippen LogP contribution in [0.25, 0.3) is 0 Å². The van der Waals surface area contributed by atoms with E-state index < -0.39 is 0 Å². The van der Waals surface area contributed by atoms with Gasteiger partial charge < -0.3 is 0 Å². The predicted octanol–water partition coefficient (Wildman–Crippen LogP) is 4.27. The van der Waals surface area contributed by atoms with Crippen LogP contribution >= 0.6 is 0 Å². The van der Waals surface area contributed by atoms with Gasteiger partial charge in [-0.1, -0.05) is 60.2 Å². The van der Waals surface area contributed by atoms with Crippen LogP contribution in [0.5, 0.6) is 0 Å². The lowest BCUT2D eigenvalue weighted by molar-refractivity contribution is 1.02. The largest absolute Gasteiger partial charge is 0.0622 e. The van der Waals surface area contributed by atoms with Crippen LogP contribution in [0.3, 0.4) is 0 Å². The molecule has 0 amide bonds. The number of benzene rings is 2. The minimum absolute atomic E-state index is 0.753. The summed E-state index contributed by atoms with van der Waals surface area (Å²) in [6, 6.07) is 19.9. The van der Waals surface area contributed by atoms with E-state index >= 15 is 0 Å². The van der Waals surface area contributed by atoms with Crippen molar-refractivity contribution < 1.29 is 0 Å². The zero-order valence-corrected chi connectivity index (χ0v) is 9.56. The molecule has 2 aromatic rings. The van der Waals surface area contributed by atoms with Gasteiger partial charge in [0, 0.05) is 0 Å². The number of hydrogen-bond acceptors (Lipinski definition) is 0. The monoisotopic (exact) mass is 208 g/mol. The van der Waals surface area contributed by atoms with E-state index in [0.717, 1.165) is 11.8 Å². The molecule has 0 nitrogen and oxygen atoms in total. The fraction of sp³-hybridized carbons (Fsp3) is 0.250. The molecule has 0 unspecified atom stereocenters. The first kappa shape index (κ1) is 9.65. The third-order valence-corrected chi connectivity index (χ3v) is 3.52. The third-order valence-electron chi connectivity index (χ3n) is 3.52. The van der Waals surface area contributed by atoms with Crippen molar-refractivity contribution in [3.05, 3.63) is 71.3 Å². The Morgan fingerprint density at radius 2 is 1.31 bits per heavy atom. The lowest BCUT2D eigenvalue weighted by Crippen LogP contribution is -1.84. The predicted molar refractivity (Wildman–Crippen MR) is 67.7 cm³/mol. The summed E-state index contributed by atoms with van der Waals surface area (Å²) >= 11 is 0. The van der Waals surface area contributed by atoms with Gasteiger partial charge >= 0.3 is 0 Å². The molecule has 3 rings (SSSR count). The Morgan fingerprint density at radius 3 is 1.94 bits per heavy atom. The van der Waals surface area contributed by atoms with Gasteiger partial charge in [-0.25, -0.2) is 0 Å². The summed E-state index contributed by atoms with van der Waals surface area (Å²) in [4.78, 5) is 0. The third kappa shape index (κ3) is 1.76. The smallest absolute Gasteiger partial charge is 0.00868 e. The first-order valence-electron chi connectivity index (χ1n) is 5.96. The SMILES string of the molecule is Cc1ccc([C@@H]2C[C@H]2c2ccccc2)cc1. The van der Waals surface area contributed by atoms with Crippen molar-refractivity contribution in [2.24, 2.45) is 0 Å². The molecule has 0 spiro atoms. The van der Waals surface area contributed by atoms with Crippen molar-refractivity contribution in [2.75, 3.05) is 0 Å². The van der Waals surface area contributed by atoms with Gasteiger partial charge in [-0.05, 0) is 36.3 Å². The number of rotatable bonds is 2. The Labute approximate surface area is 96.9 Å². The zero-order chi connectivity index (χ0) is 11.0. The van der Waals surface area contributed by atoms with Crippen LogP contribution in [-0.4, -0.2) is 0 Å². The van der Waals surface area contributed by atoms with Gasteiger partial charge in [0.2, 0.25) is 0 Å². The molecule has 0 aliphatic heterocycles. The topological polar surface area (TPSA) is 0 Å². The summed E-state index contributed by atoms with van der Waals surface area (Å²) in [5.74, 6) is 1.51. The van der Waals surface area contributed by atoms with E-state index in [9.17, 15) is 0 Å². The Morgan fingerprint density at radius 1 is 0.750 bits per heavy atom. The average molecular weight is 208 g/mol. The van der Waals surface area contributed by atoms with Crippen molar-refractivity contribution in [1.82, 2.24) is 0 Å². The molecular weight excluding hydrogens is 192 g/mol. The molecule has 0 aromatic heterocycles. The van der Waals surface area contributed by atoms with Gasteiger partial charge in [0.05, 0.1) is 0 Å². The molecule has 0 heteroatoms. The molecule has 0 bridgehead atoms. The first-order valence-corrected chi connectivity index (χ1v) is 5.96. The van der Waals surface area contributed by atoms with Crippen LogP contribution < -0.4 is 0 Å². The van der Waals surface area contributed by atoms with Crippen molar-refractivity contribution in [3.63, 3.8) is 0 Å². The van der Waals surface area contributed by atoms with Gasteiger partial charge in [0.15, 0.2) is 0 Å². The molecule has 2 aromatic carbocycles. The van der Waals surface area contributed by atoms with E-state index in [1.165, 1.54) is 23.1 Å². The van der Waals surface area contributed by atoms with Crippen LogP contribution in [0.2, 0.25) is 0 Å². The summed E-state index contributed by atoms with van der Waals surface area (Å²) in [5.41, 5.74) is 4.34. The maximum atomic E-state index is 2.28. The highest BCUT2D eigenvalue weighted by atomic mass is 14.4. The Hall–Kier alpha value is -1.56. The normalized spacial score (nSPS) is 23.1. The van der Waals surface area contributed by atoms with Gasteiger partial charge in [-0.3, -0.25) is 0 Å². The minimum Gasteiger partial charge on any atom is -0.0622 e. The Kier molecular flexibility index (Phi) is 2.28. The molecule has 0 heterocycles. The summed E-state index contributed by atoms with van der Waals surface area (Å²) in [6.45, 7) is 2.14. The van der Waals surface area contributed by atoms with E-state index in [-0.39, 0.29) is 0 Å². The first-order chi connectivity index (χ1) is 7.84. The van der Waals surface area contributed by atoms with E-state index in [1.54, 1.807) is 0 Å². The molecule has 1 fully saturated rings. The second-order valence-electron chi connectivity index (χ2n) is 4.77. The number of aryl methyl sites for hydroxylation is 1. The van der Waals surface area contributed by atoms with Gasteiger partial charge in [-0.2, -0.15) is 0 Å². The van der Waals surface area contributed by atoms with Crippen LogP contribution in [0, 0.1) is 6.92 Å². The van der Waals surface area contributed by atoms with E-state index in [4.69, 9.17) is 0 Å². The maximum Gasteiger partial charge on any atom is -0.00868 e. The Balaban J connectivity index is 1.79. The zero-order valence-electron chi connectivity index (χ0n) is 9.56. The molecule has 1 saturated carbocycles. The van der Waals surface area contributed by atoms with Crippen molar-refractivity contribution in [3.8, 4) is 0 Å². The fourth-order valence-corrected chi connectivity index (χ4v) is 2.45. The highest BCUT2D eigenvalue weighted by molar-refractivity contribution is 5.37. The summed E-state index contributed by atoms with van der Waals surface area (Å²) in [6.07, 6.45) is 1.31. The fourth-order valence-electron chi connectivity index (χ4n) is 2.45. The molecule has 80 valence electrons. The van der Waals surface area contributed by atoms with Crippen LogP contribution in [0.1, 0.15) is 34.9 Å². The highest BCUT2D eigenvalue weighted by Crippen LogP contribution is 2.54. The molecule has 0 N–H and O–H groups in total. The molecule has 0 saturated heterocycles. The second kappa shape index (κ2) is 3.79. The van der Waals surface area contributed by atoms with Crippen LogP contribution in [0.4, 0.5) is 0 Å². The van der Waals surface area contributed by atoms with E-state index in [2.05, 4.69) is 61.5 Å². The summed E-state index contributed by atoms with van der Waals surface area (Å²) in [5, 5.41) is 0. The lowest BCUT2D eigenvalue weighted by atomic mass is 10.0. The van der Waals surface area contributed by atoms with Crippen molar-refractivity contribution in [2.45, 2.75) is 25.2 Å². The molecular formula is C16H16. The van der Waals surface area contributed by atoms with E-state index in [0.29, 0.717) is 0 Å². The maximum absolute atomic E-state index is 2.28. The van der Waals surface area contributed by atoms with Crippen molar-refractivity contribution >= 4 is 0 Å². The minimum atomic E-state index is 0.753. The average Bonchev–Trinajstić information content (AvgIpc) is 3.11. The van der Waals surface area contributed by atoms with Gasteiger partial charge in [0.25, 0.3) is 0 Å². The molecule has 0 radical (unpaired) electrons. The van der Waals surface area contributed by atoms with Crippen molar-refractivity contribution in [1.29, 1.82) is 0 Å². The molecule has 1 aliphatic rings. The Bertz CT molecular complexity index is 467.